The van der Waals surface area contributed by atoms with Crippen molar-refractivity contribution in [3.63, 3.8) is 0 Å². The van der Waals surface area contributed by atoms with E-state index in [2.05, 4.69) is 15.1 Å². The minimum atomic E-state index is 0.0444. The van der Waals surface area contributed by atoms with Crippen LogP contribution in [0.15, 0.2) is 24.3 Å². The van der Waals surface area contributed by atoms with Crippen LogP contribution in [0.2, 0.25) is 5.02 Å². The molecule has 0 unspecified atom stereocenters. The Bertz CT molecular complexity index is 560. The van der Waals surface area contributed by atoms with Gasteiger partial charge in [0.2, 0.25) is 5.91 Å². The normalized spacial score (nSPS) is 21.0. The number of nitrogens with zero attached hydrogens (tertiary/aromatic N) is 2. The summed E-state index contributed by atoms with van der Waals surface area (Å²) in [5.41, 5.74) is 0.770. The zero-order valence-corrected chi connectivity index (χ0v) is 15.8. The molecule has 0 atom stereocenters. The predicted octanol–water partition coefficient (Wildman–Crippen LogP) is 3.87. The van der Waals surface area contributed by atoms with E-state index in [1.807, 2.05) is 18.2 Å². The molecule has 5 heteroatoms. The van der Waals surface area contributed by atoms with Gasteiger partial charge < -0.3 is 10.2 Å². The molecule has 138 valence electrons. The number of anilines is 1. The van der Waals surface area contributed by atoms with Crippen LogP contribution in [0, 0.1) is 5.92 Å². The minimum Gasteiger partial charge on any atom is -0.325 e. The van der Waals surface area contributed by atoms with E-state index >= 15 is 0 Å². The van der Waals surface area contributed by atoms with Gasteiger partial charge in [0, 0.05) is 30.3 Å². The first kappa shape index (κ1) is 18.7. The van der Waals surface area contributed by atoms with Gasteiger partial charge in [0.1, 0.15) is 0 Å². The summed E-state index contributed by atoms with van der Waals surface area (Å²) in [4.78, 5) is 17.2. The molecular weight excluding hydrogens is 334 g/mol. The number of amides is 1. The van der Waals surface area contributed by atoms with Gasteiger partial charge in [-0.25, -0.2) is 0 Å². The predicted molar refractivity (Wildman–Crippen MR) is 104 cm³/mol. The van der Waals surface area contributed by atoms with Gasteiger partial charge in [-0.15, -0.1) is 0 Å². The lowest BCUT2D eigenvalue weighted by atomic mass is 9.89. The largest absolute Gasteiger partial charge is 0.325 e. The molecule has 0 aromatic heterocycles. The van der Waals surface area contributed by atoms with Crippen molar-refractivity contribution in [3.05, 3.63) is 29.3 Å². The van der Waals surface area contributed by atoms with Crippen molar-refractivity contribution in [1.82, 2.24) is 9.80 Å². The van der Waals surface area contributed by atoms with Gasteiger partial charge in [-0.3, -0.25) is 9.69 Å². The molecule has 1 aliphatic heterocycles. The van der Waals surface area contributed by atoms with E-state index in [4.69, 9.17) is 11.6 Å². The van der Waals surface area contributed by atoms with Crippen LogP contribution >= 0.6 is 11.6 Å². The van der Waals surface area contributed by atoms with Gasteiger partial charge in [-0.2, -0.15) is 0 Å². The van der Waals surface area contributed by atoms with Gasteiger partial charge in [-0.1, -0.05) is 36.9 Å². The molecule has 2 aliphatic rings. The Morgan fingerprint density at radius 1 is 1.04 bits per heavy atom. The first-order valence-electron chi connectivity index (χ1n) is 9.69. The lowest BCUT2D eigenvalue weighted by Gasteiger charge is -2.28. The molecule has 1 heterocycles. The highest BCUT2D eigenvalue weighted by molar-refractivity contribution is 6.30. The highest BCUT2D eigenvalue weighted by atomic mass is 35.5. The zero-order valence-electron chi connectivity index (χ0n) is 15.1. The second-order valence-corrected chi connectivity index (χ2v) is 7.93. The molecule has 1 saturated carbocycles. The van der Waals surface area contributed by atoms with Crippen LogP contribution in [0.5, 0.6) is 0 Å². The molecular formula is C20H30ClN3O. The molecule has 4 nitrogen and oxygen atoms in total. The first-order valence-corrected chi connectivity index (χ1v) is 10.1. The third-order valence-electron chi connectivity index (χ3n) is 5.40. The third-order valence-corrected chi connectivity index (χ3v) is 5.63. The van der Waals surface area contributed by atoms with Crippen LogP contribution in [0.3, 0.4) is 0 Å². The fourth-order valence-electron chi connectivity index (χ4n) is 4.07. The summed E-state index contributed by atoms with van der Waals surface area (Å²) in [6, 6.07) is 7.33. The summed E-state index contributed by atoms with van der Waals surface area (Å²) in [5, 5.41) is 3.59. The first-order chi connectivity index (χ1) is 12.2. The molecule has 1 saturated heterocycles. The summed E-state index contributed by atoms with van der Waals surface area (Å²) in [5.74, 6) is 0.939. The summed E-state index contributed by atoms with van der Waals surface area (Å²) >= 11 is 5.97. The Hall–Kier alpha value is -1.10. The van der Waals surface area contributed by atoms with E-state index in [1.165, 1.54) is 45.2 Å². The van der Waals surface area contributed by atoms with Crippen molar-refractivity contribution in [3.8, 4) is 0 Å². The number of hydrogen-bond acceptors (Lipinski definition) is 3. The van der Waals surface area contributed by atoms with Crippen LogP contribution in [0.25, 0.3) is 0 Å². The molecule has 3 rings (SSSR count). The summed E-state index contributed by atoms with van der Waals surface area (Å²) in [6.45, 7) is 5.95. The average Bonchev–Trinajstić information content (AvgIpc) is 2.81. The monoisotopic (exact) mass is 363 g/mol. The Labute approximate surface area is 156 Å². The smallest absolute Gasteiger partial charge is 0.238 e. The molecule has 0 spiro atoms. The van der Waals surface area contributed by atoms with E-state index in [0.717, 1.165) is 37.7 Å². The Kier molecular flexibility index (Phi) is 7.14. The third kappa shape index (κ3) is 6.28. The number of benzene rings is 1. The standard InChI is InChI=1S/C20H30ClN3O/c21-18-8-4-9-19(14-18)22-20(25)16-24-11-5-10-23(12-13-24)15-17-6-2-1-3-7-17/h4,8-9,14,17H,1-3,5-7,10-13,15-16H2,(H,22,25). The lowest BCUT2D eigenvalue weighted by Crippen LogP contribution is -2.37. The van der Waals surface area contributed by atoms with Gasteiger partial charge in [-0.05, 0) is 56.5 Å². The van der Waals surface area contributed by atoms with Gasteiger partial charge in [0.25, 0.3) is 0 Å². The molecule has 1 N–H and O–H groups in total. The molecule has 0 bridgehead atoms. The van der Waals surface area contributed by atoms with E-state index < -0.39 is 0 Å². The van der Waals surface area contributed by atoms with Crippen LogP contribution < -0.4 is 5.32 Å². The fraction of sp³-hybridized carbons (Fsp3) is 0.650. The molecule has 1 aliphatic carbocycles. The Morgan fingerprint density at radius 3 is 2.60 bits per heavy atom. The van der Waals surface area contributed by atoms with Crippen molar-refractivity contribution in [2.24, 2.45) is 5.92 Å². The van der Waals surface area contributed by atoms with E-state index in [-0.39, 0.29) is 5.91 Å². The maximum atomic E-state index is 12.3. The second kappa shape index (κ2) is 9.56. The molecule has 2 fully saturated rings. The van der Waals surface area contributed by atoms with Crippen LogP contribution in [-0.2, 0) is 4.79 Å². The maximum Gasteiger partial charge on any atom is 0.238 e. The molecule has 1 aromatic rings. The molecule has 1 amide bonds. The maximum absolute atomic E-state index is 12.3. The van der Waals surface area contributed by atoms with Crippen LogP contribution in [0.1, 0.15) is 38.5 Å². The number of rotatable bonds is 5. The van der Waals surface area contributed by atoms with Gasteiger partial charge in [0.05, 0.1) is 6.54 Å². The number of hydrogen-bond donors (Lipinski definition) is 1. The van der Waals surface area contributed by atoms with Crippen molar-refractivity contribution in [1.29, 1.82) is 0 Å². The average molecular weight is 364 g/mol. The molecule has 1 aromatic carbocycles. The number of carbonyl (C=O) groups is 1. The van der Waals surface area contributed by atoms with Gasteiger partial charge >= 0.3 is 0 Å². The van der Waals surface area contributed by atoms with Crippen molar-refractivity contribution < 1.29 is 4.79 Å². The Balaban J connectivity index is 1.42. The Morgan fingerprint density at radius 2 is 1.80 bits per heavy atom. The van der Waals surface area contributed by atoms with Crippen LogP contribution in [-0.4, -0.2) is 55.0 Å². The number of halogens is 1. The topological polar surface area (TPSA) is 35.6 Å². The van der Waals surface area contributed by atoms with Crippen molar-refractivity contribution >= 4 is 23.2 Å². The SMILES string of the molecule is O=C(CN1CCCN(CC2CCCCC2)CC1)Nc1cccc(Cl)c1. The van der Waals surface area contributed by atoms with Crippen molar-refractivity contribution in [2.75, 3.05) is 44.6 Å². The fourth-order valence-corrected chi connectivity index (χ4v) is 4.26. The summed E-state index contributed by atoms with van der Waals surface area (Å²) in [6.07, 6.45) is 8.20. The lowest BCUT2D eigenvalue weighted by molar-refractivity contribution is -0.117. The van der Waals surface area contributed by atoms with Crippen molar-refractivity contribution in [2.45, 2.75) is 38.5 Å². The quantitative estimate of drug-likeness (QED) is 0.862. The van der Waals surface area contributed by atoms with E-state index in [0.29, 0.717) is 11.6 Å². The minimum absolute atomic E-state index is 0.0444. The molecule has 25 heavy (non-hydrogen) atoms. The van der Waals surface area contributed by atoms with Crippen LogP contribution in [0.4, 0.5) is 5.69 Å². The number of carbonyl (C=O) groups excluding carboxylic acids is 1. The van der Waals surface area contributed by atoms with E-state index in [1.54, 1.807) is 6.07 Å². The second-order valence-electron chi connectivity index (χ2n) is 7.49. The summed E-state index contributed by atoms with van der Waals surface area (Å²) < 4.78 is 0. The highest BCUT2D eigenvalue weighted by Gasteiger charge is 2.21. The highest BCUT2D eigenvalue weighted by Crippen LogP contribution is 2.24. The van der Waals surface area contributed by atoms with E-state index in [9.17, 15) is 4.79 Å². The summed E-state index contributed by atoms with van der Waals surface area (Å²) in [7, 11) is 0. The zero-order chi connectivity index (χ0) is 17.5. The molecule has 0 radical (unpaired) electrons. The van der Waals surface area contributed by atoms with Gasteiger partial charge in [0.15, 0.2) is 0 Å². The number of nitrogens with one attached hydrogen (secondary N) is 1.